The van der Waals surface area contributed by atoms with Gasteiger partial charge in [0.15, 0.2) is 0 Å². The molecule has 1 aliphatic carbocycles. The van der Waals surface area contributed by atoms with Crippen molar-refractivity contribution < 1.29 is 9.59 Å². The molecule has 2 aliphatic rings. The number of carbonyl (C=O) groups excluding carboxylic acids is 2. The van der Waals surface area contributed by atoms with Crippen LogP contribution in [0.4, 0.5) is 5.69 Å². The second kappa shape index (κ2) is 8.74. The molecular weight excluding hydrogens is 412 g/mol. The largest absolute Gasteiger partial charge is 0.350 e. The maximum Gasteiger partial charge on any atom is 0.255 e. The Hall–Kier alpha value is -3.59. The smallest absolute Gasteiger partial charge is 0.255 e. The van der Waals surface area contributed by atoms with Gasteiger partial charge in [-0.3, -0.25) is 9.59 Å². The predicted octanol–water partition coefficient (Wildman–Crippen LogP) is 4.81. The standard InChI is InChI=1S/C27H28N4O2/c1-30-17-24(21-11-12-31(16-21)27(33)19-6-2-3-7-19)23-14-22(9-10-25(23)30)29-26(32)20-8-4-5-18(13-20)15-28/h4-5,8-10,13-14,17,19,21H,2-3,6-7,11-12,16H2,1H3,(H,29,32). The lowest BCUT2D eigenvalue weighted by Crippen LogP contribution is -2.33. The molecule has 1 saturated carbocycles. The zero-order chi connectivity index (χ0) is 22.9. The van der Waals surface area contributed by atoms with E-state index in [2.05, 4.69) is 27.0 Å². The summed E-state index contributed by atoms with van der Waals surface area (Å²) in [6.07, 6.45) is 7.55. The molecule has 1 aliphatic heterocycles. The summed E-state index contributed by atoms with van der Waals surface area (Å²) in [4.78, 5) is 27.7. The third-order valence-corrected chi connectivity index (χ3v) is 7.18. The molecule has 33 heavy (non-hydrogen) atoms. The van der Waals surface area contributed by atoms with Crippen LogP contribution in [-0.2, 0) is 11.8 Å². The summed E-state index contributed by atoms with van der Waals surface area (Å²) >= 11 is 0. The predicted molar refractivity (Wildman–Crippen MR) is 128 cm³/mol. The van der Waals surface area contributed by atoms with Gasteiger partial charge in [0, 0.05) is 60.3 Å². The van der Waals surface area contributed by atoms with Gasteiger partial charge in [-0.1, -0.05) is 18.9 Å². The molecule has 0 bridgehead atoms. The summed E-state index contributed by atoms with van der Waals surface area (Å²) < 4.78 is 2.12. The van der Waals surface area contributed by atoms with Gasteiger partial charge in [0.2, 0.25) is 5.91 Å². The third-order valence-electron chi connectivity index (χ3n) is 7.18. The van der Waals surface area contributed by atoms with Gasteiger partial charge in [-0.15, -0.1) is 0 Å². The molecule has 1 unspecified atom stereocenters. The van der Waals surface area contributed by atoms with Crippen molar-refractivity contribution in [1.29, 1.82) is 5.26 Å². The molecule has 1 saturated heterocycles. The van der Waals surface area contributed by atoms with Crippen molar-refractivity contribution >= 4 is 28.4 Å². The first-order valence-corrected chi connectivity index (χ1v) is 11.7. The molecule has 6 heteroatoms. The first-order chi connectivity index (χ1) is 16.0. The van der Waals surface area contributed by atoms with Crippen LogP contribution in [0.5, 0.6) is 0 Å². The topological polar surface area (TPSA) is 78.1 Å². The van der Waals surface area contributed by atoms with E-state index in [1.54, 1.807) is 24.3 Å². The van der Waals surface area contributed by atoms with Crippen LogP contribution in [0.3, 0.4) is 0 Å². The molecule has 0 spiro atoms. The summed E-state index contributed by atoms with van der Waals surface area (Å²) in [5.74, 6) is 0.621. The quantitative estimate of drug-likeness (QED) is 0.632. The van der Waals surface area contributed by atoms with Crippen LogP contribution >= 0.6 is 0 Å². The molecule has 1 atom stereocenters. The molecule has 168 valence electrons. The van der Waals surface area contributed by atoms with E-state index >= 15 is 0 Å². The maximum absolute atomic E-state index is 12.9. The number of rotatable bonds is 4. The lowest BCUT2D eigenvalue weighted by Gasteiger charge is -2.20. The van der Waals surface area contributed by atoms with E-state index in [-0.39, 0.29) is 11.8 Å². The average molecular weight is 441 g/mol. The number of hydrogen-bond donors (Lipinski definition) is 1. The van der Waals surface area contributed by atoms with Crippen molar-refractivity contribution in [1.82, 2.24) is 9.47 Å². The minimum absolute atomic E-state index is 0.220. The first-order valence-electron chi connectivity index (χ1n) is 11.7. The summed E-state index contributed by atoms with van der Waals surface area (Å²) in [6, 6.07) is 14.7. The lowest BCUT2D eigenvalue weighted by molar-refractivity contribution is -0.134. The molecular formula is C27H28N4O2. The Morgan fingerprint density at radius 3 is 2.70 bits per heavy atom. The Bertz CT molecular complexity index is 1260. The Morgan fingerprint density at radius 1 is 1.09 bits per heavy atom. The van der Waals surface area contributed by atoms with Crippen molar-refractivity contribution in [3.63, 3.8) is 0 Å². The number of amides is 2. The summed E-state index contributed by atoms with van der Waals surface area (Å²) in [6.45, 7) is 1.59. The van der Waals surface area contributed by atoms with Gasteiger partial charge in [-0.25, -0.2) is 0 Å². The molecule has 1 N–H and O–H groups in total. The van der Waals surface area contributed by atoms with Gasteiger partial charge >= 0.3 is 0 Å². The molecule has 2 heterocycles. The van der Waals surface area contributed by atoms with Gasteiger partial charge in [0.1, 0.15) is 0 Å². The van der Waals surface area contributed by atoms with Crippen LogP contribution in [0.25, 0.3) is 10.9 Å². The first kappa shape index (κ1) is 21.3. The second-order valence-corrected chi connectivity index (χ2v) is 9.33. The molecule has 5 rings (SSSR count). The molecule has 2 amide bonds. The monoisotopic (exact) mass is 440 g/mol. The SMILES string of the molecule is Cn1cc(C2CCN(C(=O)C3CCCC3)C2)c2cc(NC(=O)c3cccc(C#N)c3)ccc21. The number of hydrogen-bond acceptors (Lipinski definition) is 3. The van der Waals surface area contributed by atoms with Gasteiger partial charge in [-0.2, -0.15) is 5.26 Å². The van der Waals surface area contributed by atoms with Gasteiger partial charge < -0.3 is 14.8 Å². The number of anilines is 1. The van der Waals surface area contributed by atoms with Crippen molar-refractivity contribution in [3.05, 3.63) is 65.4 Å². The van der Waals surface area contributed by atoms with E-state index in [9.17, 15) is 9.59 Å². The van der Waals surface area contributed by atoms with Crippen LogP contribution in [0.2, 0.25) is 0 Å². The van der Waals surface area contributed by atoms with Crippen molar-refractivity contribution in [3.8, 4) is 6.07 Å². The van der Waals surface area contributed by atoms with Crippen molar-refractivity contribution in [2.45, 2.75) is 38.0 Å². The number of aryl methyl sites for hydroxylation is 1. The number of fused-ring (bicyclic) bond motifs is 1. The number of aromatic nitrogens is 1. The summed E-state index contributed by atoms with van der Waals surface area (Å²) in [5, 5.41) is 13.2. The molecule has 2 aromatic carbocycles. The van der Waals surface area contributed by atoms with Gasteiger partial charge in [0.25, 0.3) is 5.91 Å². The van der Waals surface area contributed by atoms with E-state index in [1.165, 1.54) is 18.4 Å². The van der Waals surface area contributed by atoms with Crippen LogP contribution < -0.4 is 5.32 Å². The van der Waals surface area contributed by atoms with Crippen molar-refractivity contribution in [2.24, 2.45) is 13.0 Å². The van der Waals surface area contributed by atoms with E-state index in [0.717, 1.165) is 48.9 Å². The van der Waals surface area contributed by atoms with E-state index in [4.69, 9.17) is 5.26 Å². The minimum Gasteiger partial charge on any atom is -0.350 e. The Labute approximate surface area is 193 Å². The highest BCUT2D eigenvalue weighted by Crippen LogP contribution is 2.36. The maximum atomic E-state index is 12.9. The highest BCUT2D eigenvalue weighted by atomic mass is 16.2. The average Bonchev–Trinajstić information content (AvgIpc) is 3.59. The fourth-order valence-electron chi connectivity index (χ4n) is 5.40. The zero-order valence-corrected chi connectivity index (χ0v) is 18.9. The van der Waals surface area contributed by atoms with E-state index < -0.39 is 0 Å². The van der Waals surface area contributed by atoms with Crippen LogP contribution in [0.15, 0.2) is 48.7 Å². The summed E-state index contributed by atoms with van der Waals surface area (Å²) in [7, 11) is 2.04. The number of benzene rings is 2. The normalized spacial score (nSPS) is 18.5. The Kier molecular flexibility index (Phi) is 5.63. The van der Waals surface area contributed by atoms with E-state index in [0.29, 0.717) is 23.0 Å². The minimum atomic E-state index is -0.238. The van der Waals surface area contributed by atoms with E-state index in [1.807, 2.05) is 25.2 Å². The van der Waals surface area contributed by atoms with Crippen LogP contribution in [-0.4, -0.2) is 34.4 Å². The number of nitrogens with zero attached hydrogens (tertiary/aromatic N) is 3. The Balaban J connectivity index is 1.37. The van der Waals surface area contributed by atoms with Crippen molar-refractivity contribution in [2.75, 3.05) is 18.4 Å². The lowest BCUT2D eigenvalue weighted by atomic mass is 9.97. The van der Waals surface area contributed by atoms with Crippen LogP contribution in [0, 0.1) is 17.2 Å². The fraction of sp³-hybridized carbons (Fsp3) is 0.370. The fourth-order valence-corrected chi connectivity index (χ4v) is 5.40. The number of likely N-dealkylation sites (tertiary alicyclic amines) is 1. The van der Waals surface area contributed by atoms with Gasteiger partial charge in [0.05, 0.1) is 11.6 Å². The zero-order valence-electron chi connectivity index (χ0n) is 18.9. The highest BCUT2D eigenvalue weighted by Gasteiger charge is 2.33. The molecule has 1 aromatic heterocycles. The third kappa shape index (κ3) is 4.11. The number of nitriles is 1. The second-order valence-electron chi connectivity index (χ2n) is 9.33. The molecule has 2 fully saturated rings. The Morgan fingerprint density at radius 2 is 1.91 bits per heavy atom. The summed E-state index contributed by atoms with van der Waals surface area (Å²) in [5.41, 5.74) is 3.98. The molecule has 6 nitrogen and oxygen atoms in total. The van der Waals surface area contributed by atoms with Gasteiger partial charge in [-0.05, 0) is 61.2 Å². The number of nitrogens with one attached hydrogen (secondary N) is 1. The highest BCUT2D eigenvalue weighted by molar-refractivity contribution is 6.05. The number of carbonyl (C=O) groups is 2. The molecule has 0 radical (unpaired) electrons. The molecule has 3 aromatic rings. The van der Waals surface area contributed by atoms with Crippen LogP contribution in [0.1, 0.15) is 59.5 Å².